The van der Waals surface area contributed by atoms with Gasteiger partial charge in [-0.25, -0.2) is 0 Å². The first-order chi connectivity index (χ1) is 10.2. The number of nitrogens with zero attached hydrogens (tertiary/aromatic N) is 1. The van der Waals surface area contributed by atoms with E-state index in [2.05, 4.69) is 66.2 Å². The zero-order chi connectivity index (χ0) is 14.7. The summed E-state index contributed by atoms with van der Waals surface area (Å²) in [5.41, 5.74) is 2.52. The van der Waals surface area contributed by atoms with Gasteiger partial charge in [-0.3, -0.25) is 4.98 Å². The average Bonchev–Trinajstić information content (AvgIpc) is 2.95. The third-order valence-electron chi connectivity index (χ3n) is 4.60. The van der Waals surface area contributed by atoms with Gasteiger partial charge in [-0.1, -0.05) is 25.1 Å². The number of rotatable bonds is 5. The SMILES string of the molecule is CCNC(Cc1ccnc2ccccc12)C1(C)CCCS1. The van der Waals surface area contributed by atoms with E-state index in [-0.39, 0.29) is 0 Å². The summed E-state index contributed by atoms with van der Waals surface area (Å²) in [7, 11) is 0. The van der Waals surface area contributed by atoms with Crippen LogP contribution in [0.1, 0.15) is 32.3 Å². The van der Waals surface area contributed by atoms with Crippen LogP contribution in [0.5, 0.6) is 0 Å². The molecule has 2 heterocycles. The Morgan fingerprint density at radius 3 is 2.95 bits per heavy atom. The quantitative estimate of drug-likeness (QED) is 0.902. The minimum absolute atomic E-state index is 0.361. The summed E-state index contributed by atoms with van der Waals surface area (Å²) >= 11 is 2.14. The fourth-order valence-corrected chi connectivity index (χ4v) is 4.79. The Morgan fingerprint density at radius 2 is 2.19 bits per heavy atom. The van der Waals surface area contributed by atoms with Crippen LogP contribution in [0, 0.1) is 0 Å². The number of fused-ring (bicyclic) bond motifs is 1. The second-order valence-corrected chi connectivity index (χ2v) is 7.70. The molecule has 0 spiro atoms. The Morgan fingerprint density at radius 1 is 1.33 bits per heavy atom. The number of aromatic nitrogens is 1. The highest BCUT2D eigenvalue weighted by atomic mass is 32.2. The van der Waals surface area contributed by atoms with Gasteiger partial charge in [-0.15, -0.1) is 0 Å². The minimum atomic E-state index is 0.361. The average molecular weight is 300 g/mol. The molecule has 0 radical (unpaired) electrons. The minimum Gasteiger partial charge on any atom is -0.313 e. The van der Waals surface area contributed by atoms with E-state index in [1.165, 1.54) is 29.5 Å². The molecule has 0 amide bonds. The lowest BCUT2D eigenvalue weighted by Gasteiger charge is -2.34. The molecule has 0 saturated carbocycles. The smallest absolute Gasteiger partial charge is 0.0704 e. The molecule has 3 heteroatoms. The van der Waals surface area contributed by atoms with Gasteiger partial charge in [0.2, 0.25) is 0 Å². The predicted octanol–water partition coefficient (Wildman–Crippen LogP) is 4.04. The van der Waals surface area contributed by atoms with Crippen LogP contribution in [0.2, 0.25) is 0 Å². The normalized spacial score (nSPS) is 23.5. The van der Waals surface area contributed by atoms with E-state index < -0.39 is 0 Å². The van der Waals surface area contributed by atoms with E-state index in [4.69, 9.17) is 0 Å². The number of hydrogen-bond donors (Lipinski definition) is 1. The van der Waals surface area contributed by atoms with Gasteiger partial charge in [0.25, 0.3) is 0 Å². The number of nitrogens with one attached hydrogen (secondary N) is 1. The van der Waals surface area contributed by atoms with Crippen LogP contribution in [0.3, 0.4) is 0 Å². The molecule has 1 aromatic carbocycles. The van der Waals surface area contributed by atoms with Crippen molar-refractivity contribution in [3.05, 3.63) is 42.1 Å². The Bertz CT molecular complexity index is 600. The zero-order valence-electron chi connectivity index (χ0n) is 12.9. The van der Waals surface area contributed by atoms with Crippen molar-refractivity contribution < 1.29 is 0 Å². The lowest BCUT2D eigenvalue weighted by molar-refractivity contribution is 0.407. The maximum atomic E-state index is 4.48. The number of para-hydroxylation sites is 1. The Hall–Kier alpha value is -1.06. The van der Waals surface area contributed by atoms with Gasteiger partial charge in [-0.2, -0.15) is 11.8 Å². The second kappa shape index (κ2) is 6.37. The molecule has 0 bridgehead atoms. The third kappa shape index (κ3) is 3.09. The van der Waals surface area contributed by atoms with Crippen LogP contribution in [-0.2, 0) is 6.42 Å². The highest BCUT2D eigenvalue weighted by Gasteiger charge is 2.37. The molecule has 2 nitrogen and oxygen atoms in total. The van der Waals surface area contributed by atoms with Gasteiger partial charge in [0, 0.05) is 22.4 Å². The van der Waals surface area contributed by atoms with Crippen LogP contribution in [0.25, 0.3) is 10.9 Å². The van der Waals surface area contributed by atoms with Crippen molar-refractivity contribution in [2.45, 2.75) is 43.9 Å². The van der Waals surface area contributed by atoms with E-state index in [0.717, 1.165) is 18.5 Å². The van der Waals surface area contributed by atoms with Gasteiger partial charge < -0.3 is 5.32 Å². The number of thioether (sulfide) groups is 1. The van der Waals surface area contributed by atoms with Crippen LogP contribution in [0.15, 0.2) is 36.5 Å². The highest BCUT2D eigenvalue weighted by Crippen LogP contribution is 2.41. The number of benzene rings is 1. The van der Waals surface area contributed by atoms with E-state index in [0.29, 0.717) is 10.8 Å². The molecule has 1 aliphatic heterocycles. The fourth-order valence-electron chi connectivity index (χ4n) is 3.38. The first-order valence-electron chi connectivity index (χ1n) is 7.93. The highest BCUT2D eigenvalue weighted by molar-refractivity contribution is 8.00. The molecule has 3 rings (SSSR count). The number of pyridine rings is 1. The van der Waals surface area contributed by atoms with Crippen molar-refractivity contribution in [3.63, 3.8) is 0 Å². The van der Waals surface area contributed by atoms with Crippen molar-refractivity contribution in [2.75, 3.05) is 12.3 Å². The number of hydrogen-bond acceptors (Lipinski definition) is 3. The molecule has 1 aliphatic rings. The van der Waals surface area contributed by atoms with E-state index >= 15 is 0 Å². The molecule has 2 aromatic rings. The summed E-state index contributed by atoms with van der Waals surface area (Å²) in [6.07, 6.45) is 5.70. The van der Waals surface area contributed by atoms with E-state index in [1.807, 2.05) is 6.20 Å². The van der Waals surface area contributed by atoms with E-state index in [9.17, 15) is 0 Å². The predicted molar refractivity (Wildman–Crippen MR) is 93.0 cm³/mol. The number of likely N-dealkylation sites (N-methyl/N-ethyl adjacent to an activating group) is 1. The Kier molecular flexibility index (Phi) is 4.51. The lowest BCUT2D eigenvalue weighted by Crippen LogP contribution is -2.46. The van der Waals surface area contributed by atoms with E-state index in [1.54, 1.807) is 0 Å². The molecule has 2 unspecified atom stereocenters. The maximum Gasteiger partial charge on any atom is 0.0704 e. The summed E-state index contributed by atoms with van der Waals surface area (Å²) in [5, 5.41) is 5.04. The third-order valence-corrected chi connectivity index (χ3v) is 6.24. The topological polar surface area (TPSA) is 24.9 Å². The van der Waals surface area contributed by atoms with Crippen molar-refractivity contribution in [3.8, 4) is 0 Å². The van der Waals surface area contributed by atoms with Crippen molar-refractivity contribution in [2.24, 2.45) is 0 Å². The van der Waals surface area contributed by atoms with Gasteiger partial charge in [0.15, 0.2) is 0 Å². The first kappa shape index (κ1) is 14.9. The zero-order valence-corrected chi connectivity index (χ0v) is 13.7. The molecule has 112 valence electrons. The Balaban J connectivity index is 1.91. The van der Waals surface area contributed by atoms with Crippen molar-refractivity contribution >= 4 is 22.7 Å². The van der Waals surface area contributed by atoms with Crippen LogP contribution < -0.4 is 5.32 Å². The molecular weight excluding hydrogens is 276 g/mol. The first-order valence-corrected chi connectivity index (χ1v) is 8.91. The van der Waals surface area contributed by atoms with Crippen LogP contribution in [-0.4, -0.2) is 28.1 Å². The molecular formula is C18H24N2S. The molecule has 1 N–H and O–H groups in total. The van der Waals surface area contributed by atoms with Gasteiger partial charge in [0.1, 0.15) is 0 Å². The molecule has 0 aliphatic carbocycles. The Labute approximate surface area is 131 Å². The summed E-state index contributed by atoms with van der Waals surface area (Å²) < 4.78 is 0.361. The molecule has 1 fully saturated rings. The lowest BCUT2D eigenvalue weighted by atomic mass is 9.90. The van der Waals surface area contributed by atoms with Crippen molar-refractivity contribution in [1.82, 2.24) is 10.3 Å². The molecule has 1 saturated heterocycles. The maximum absolute atomic E-state index is 4.48. The van der Waals surface area contributed by atoms with Crippen LogP contribution in [0.4, 0.5) is 0 Å². The molecule has 2 atom stereocenters. The van der Waals surface area contributed by atoms with Gasteiger partial charge in [-0.05, 0) is 56.2 Å². The van der Waals surface area contributed by atoms with Gasteiger partial charge >= 0.3 is 0 Å². The summed E-state index contributed by atoms with van der Waals surface area (Å²) in [4.78, 5) is 4.48. The molecule has 21 heavy (non-hydrogen) atoms. The van der Waals surface area contributed by atoms with Crippen molar-refractivity contribution in [1.29, 1.82) is 0 Å². The van der Waals surface area contributed by atoms with Crippen LogP contribution >= 0.6 is 11.8 Å². The van der Waals surface area contributed by atoms with Gasteiger partial charge in [0.05, 0.1) is 5.52 Å². The molecule has 1 aromatic heterocycles. The monoisotopic (exact) mass is 300 g/mol. The summed E-state index contributed by atoms with van der Waals surface area (Å²) in [6.45, 7) is 5.67. The summed E-state index contributed by atoms with van der Waals surface area (Å²) in [5.74, 6) is 1.30. The fraction of sp³-hybridized carbons (Fsp3) is 0.500. The largest absolute Gasteiger partial charge is 0.313 e. The standard InChI is InChI=1S/C18H24N2S/c1-3-19-17(18(2)10-6-12-21-18)13-14-9-11-20-16-8-5-4-7-15(14)16/h4-5,7-9,11,17,19H,3,6,10,12-13H2,1-2H3. The second-order valence-electron chi connectivity index (χ2n) is 6.07. The summed E-state index contributed by atoms with van der Waals surface area (Å²) in [6, 6.07) is 11.2.